The average molecular weight is 536 g/mol. The van der Waals surface area contributed by atoms with Crippen LogP contribution in [0.1, 0.15) is 23.0 Å². The zero-order valence-electron chi connectivity index (χ0n) is 21.8. The van der Waals surface area contributed by atoms with Gasteiger partial charge >= 0.3 is 5.97 Å². The maximum atomic E-state index is 13.2. The Kier molecular flexibility index (Phi) is 6.57. The number of ether oxygens (including phenoxy) is 3. The van der Waals surface area contributed by atoms with Crippen LogP contribution in [0.15, 0.2) is 99.8 Å². The number of hydrogen-bond donors (Lipinski definition) is 1. The number of fused-ring (bicyclic) bond motifs is 4. The summed E-state index contributed by atoms with van der Waals surface area (Å²) < 4.78 is 28.7. The van der Waals surface area contributed by atoms with Crippen molar-refractivity contribution < 1.29 is 32.6 Å². The van der Waals surface area contributed by atoms with Gasteiger partial charge in [-0.05, 0) is 37.3 Å². The van der Waals surface area contributed by atoms with Gasteiger partial charge in [-0.25, -0.2) is 4.79 Å². The molecule has 0 bridgehead atoms. The van der Waals surface area contributed by atoms with E-state index in [1.165, 1.54) is 14.0 Å². The van der Waals surface area contributed by atoms with Crippen LogP contribution in [0.3, 0.4) is 0 Å². The van der Waals surface area contributed by atoms with Crippen LogP contribution in [0, 0.1) is 0 Å². The van der Waals surface area contributed by atoms with Crippen LogP contribution in [0.5, 0.6) is 11.5 Å². The molecule has 0 saturated heterocycles. The summed E-state index contributed by atoms with van der Waals surface area (Å²) in [6.07, 6.45) is -1.14. The maximum Gasteiger partial charge on any atom is 0.375 e. The summed E-state index contributed by atoms with van der Waals surface area (Å²) in [5.41, 5.74) is 2.76. The van der Waals surface area contributed by atoms with Crippen molar-refractivity contribution in [3.05, 3.63) is 102 Å². The predicted molar refractivity (Wildman–Crippen MR) is 151 cm³/mol. The van der Waals surface area contributed by atoms with Gasteiger partial charge in [-0.1, -0.05) is 54.6 Å². The van der Waals surface area contributed by atoms with Crippen LogP contribution in [-0.2, 0) is 16.1 Å². The van der Waals surface area contributed by atoms with Crippen LogP contribution >= 0.6 is 0 Å². The summed E-state index contributed by atoms with van der Waals surface area (Å²) in [6.45, 7) is 1.57. The lowest BCUT2D eigenvalue weighted by atomic mass is 10.1. The second-order valence-corrected chi connectivity index (χ2v) is 9.19. The van der Waals surface area contributed by atoms with Crippen LogP contribution in [0.4, 0.5) is 5.69 Å². The first-order chi connectivity index (χ1) is 19.5. The minimum absolute atomic E-state index is 0.0157. The number of rotatable bonds is 8. The molecule has 6 aromatic rings. The molecule has 2 aromatic heterocycles. The lowest BCUT2D eigenvalue weighted by Gasteiger charge is -2.15. The second-order valence-electron chi connectivity index (χ2n) is 9.19. The number of benzene rings is 4. The molecule has 1 atom stereocenters. The number of amides is 1. The molecule has 4 aromatic carbocycles. The molecule has 200 valence electrons. The number of nitrogens with one attached hydrogen (secondary N) is 1. The summed E-state index contributed by atoms with van der Waals surface area (Å²) in [4.78, 5) is 26.3. The normalized spacial score (nSPS) is 11.9. The number of furan rings is 2. The third kappa shape index (κ3) is 4.71. The molecule has 0 unspecified atom stereocenters. The first-order valence-electron chi connectivity index (χ1n) is 12.7. The van der Waals surface area contributed by atoms with Crippen molar-refractivity contribution in [2.24, 2.45) is 0 Å². The summed E-state index contributed by atoms with van der Waals surface area (Å²) in [6, 6.07) is 27.7. The van der Waals surface area contributed by atoms with Gasteiger partial charge in [0.05, 0.1) is 18.4 Å². The van der Waals surface area contributed by atoms with Gasteiger partial charge in [0.1, 0.15) is 34.9 Å². The van der Waals surface area contributed by atoms with Gasteiger partial charge in [0.2, 0.25) is 5.76 Å². The van der Waals surface area contributed by atoms with Crippen molar-refractivity contribution >= 4 is 50.5 Å². The van der Waals surface area contributed by atoms with Gasteiger partial charge in [-0.3, -0.25) is 4.79 Å². The molecule has 40 heavy (non-hydrogen) atoms. The fraction of sp³-hybridized carbons (Fsp3) is 0.125. The first-order valence-corrected chi connectivity index (χ1v) is 12.7. The molecule has 8 nitrogen and oxygen atoms in total. The van der Waals surface area contributed by atoms with Crippen molar-refractivity contribution in [3.63, 3.8) is 0 Å². The quantitative estimate of drug-likeness (QED) is 0.207. The number of methoxy groups -OCH3 is 1. The fourth-order valence-corrected chi connectivity index (χ4v) is 4.60. The summed E-state index contributed by atoms with van der Waals surface area (Å²) in [5.74, 6) is -0.234. The number of esters is 1. The number of hydrogen-bond acceptors (Lipinski definition) is 7. The predicted octanol–water partition coefficient (Wildman–Crippen LogP) is 7.10. The molecule has 8 heteroatoms. The molecule has 0 radical (unpaired) electrons. The van der Waals surface area contributed by atoms with E-state index in [0.29, 0.717) is 33.9 Å². The zero-order chi connectivity index (χ0) is 27.6. The Bertz CT molecular complexity index is 1850. The van der Waals surface area contributed by atoms with E-state index in [9.17, 15) is 9.59 Å². The van der Waals surface area contributed by atoms with Gasteiger partial charge < -0.3 is 28.4 Å². The van der Waals surface area contributed by atoms with Crippen LogP contribution in [0.25, 0.3) is 32.9 Å². The van der Waals surface area contributed by atoms with E-state index >= 15 is 0 Å². The number of carbonyl (C=O) groups is 2. The first kappa shape index (κ1) is 25.1. The number of para-hydroxylation sites is 3. The van der Waals surface area contributed by atoms with E-state index in [0.717, 1.165) is 21.7 Å². The van der Waals surface area contributed by atoms with Crippen molar-refractivity contribution in [2.45, 2.75) is 19.6 Å². The van der Waals surface area contributed by atoms with Crippen molar-refractivity contribution in [3.8, 4) is 11.5 Å². The molecular formula is C32H25NO7. The number of carbonyl (C=O) groups excluding carboxylic acids is 2. The standard InChI is InChI=1S/C32H25NO7/c1-19(31(34)33-25-17-28-23(16-29(25)36-2)21-12-6-8-14-26(21)39-28)38-32(35)30-24(18-37-20-10-4-3-5-11-20)22-13-7-9-15-27(22)40-30/h3-17,19H,18H2,1-2H3,(H,33,34)/t19-/m0/s1. The van der Waals surface area contributed by atoms with Crippen molar-refractivity contribution in [1.82, 2.24) is 0 Å². The molecular weight excluding hydrogens is 510 g/mol. The zero-order valence-corrected chi connectivity index (χ0v) is 21.8. The van der Waals surface area contributed by atoms with Crippen LogP contribution in [0.2, 0.25) is 0 Å². The highest BCUT2D eigenvalue weighted by Gasteiger charge is 2.27. The highest BCUT2D eigenvalue weighted by Crippen LogP contribution is 2.36. The van der Waals surface area contributed by atoms with Crippen LogP contribution in [-0.4, -0.2) is 25.1 Å². The maximum absolute atomic E-state index is 13.2. The Balaban J connectivity index is 1.22. The SMILES string of the molecule is COc1cc2c(cc1NC(=O)[C@H](C)OC(=O)c1oc3ccccc3c1COc1ccccc1)oc1ccccc12. The van der Waals surface area contributed by atoms with E-state index < -0.39 is 18.0 Å². The van der Waals surface area contributed by atoms with Crippen molar-refractivity contribution in [1.29, 1.82) is 0 Å². The van der Waals surface area contributed by atoms with Gasteiger partial charge in [0, 0.05) is 22.2 Å². The van der Waals surface area contributed by atoms with Gasteiger partial charge in [0.15, 0.2) is 6.10 Å². The molecule has 0 aliphatic rings. The van der Waals surface area contributed by atoms with Gasteiger partial charge in [-0.2, -0.15) is 0 Å². The Hall–Kier alpha value is -5.24. The third-order valence-corrected chi connectivity index (χ3v) is 6.62. The largest absolute Gasteiger partial charge is 0.495 e. The molecule has 1 amide bonds. The minimum atomic E-state index is -1.14. The molecule has 0 aliphatic carbocycles. The smallest absolute Gasteiger partial charge is 0.375 e. The highest BCUT2D eigenvalue weighted by atomic mass is 16.6. The Morgan fingerprint density at radius 2 is 1.48 bits per heavy atom. The summed E-state index contributed by atoms with van der Waals surface area (Å²) in [5, 5.41) is 5.31. The van der Waals surface area contributed by atoms with E-state index in [1.54, 1.807) is 18.2 Å². The summed E-state index contributed by atoms with van der Waals surface area (Å²) >= 11 is 0. The third-order valence-electron chi connectivity index (χ3n) is 6.62. The Labute approximate surface area is 229 Å². The molecule has 0 fully saturated rings. The van der Waals surface area contributed by atoms with E-state index in [1.807, 2.05) is 72.8 Å². The Morgan fingerprint density at radius 1 is 0.800 bits per heavy atom. The van der Waals surface area contributed by atoms with Crippen molar-refractivity contribution in [2.75, 3.05) is 12.4 Å². The molecule has 0 saturated carbocycles. The topological polar surface area (TPSA) is 100 Å². The lowest BCUT2D eigenvalue weighted by Crippen LogP contribution is -2.30. The average Bonchev–Trinajstić information content (AvgIpc) is 3.54. The van der Waals surface area contributed by atoms with E-state index in [4.69, 9.17) is 23.0 Å². The summed E-state index contributed by atoms with van der Waals surface area (Å²) in [7, 11) is 1.52. The molecule has 1 N–H and O–H groups in total. The molecule has 0 spiro atoms. The minimum Gasteiger partial charge on any atom is -0.495 e. The molecule has 6 rings (SSSR count). The van der Waals surface area contributed by atoms with E-state index in [-0.39, 0.29) is 12.4 Å². The molecule has 2 heterocycles. The second kappa shape index (κ2) is 10.5. The number of anilines is 1. The van der Waals surface area contributed by atoms with E-state index in [2.05, 4.69) is 5.32 Å². The van der Waals surface area contributed by atoms with Gasteiger partial charge in [0.25, 0.3) is 5.91 Å². The molecule has 0 aliphatic heterocycles. The highest BCUT2D eigenvalue weighted by molar-refractivity contribution is 6.08. The van der Waals surface area contributed by atoms with Gasteiger partial charge in [-0.15, -0.1) is 0 Å². The van der Waals surface area contributed by atoms with Crippen LogP contribution < -0.4 is 14.8 Å². The Morgan fingerprint density at radius 3 is 2.23 bits per heavy atom. The lowest BCUT2D eigenvalue weighted by molar-refractivity contribution is -0.123. The monoisotopic (exact) mass is 535 g/mol. The fourth-order valence-electron chi connectivity index (χ4n) is 4.60.